The molecule has 2 heterocycles. The average Bonchev–Trinajstić information content (AvgIpc) is 2.64. The predicted octanol–water partition coefficient (Wildman–Crippen LogP) is 1.08. The molecule has 2 atom stereocenters. The molecule has 0 amide bonds. The Morgan fingerprint density at radius 1 is 1.41 bits per heavy atom. The molecule has 0 saturated carbocycles. The Balaban J connectivity index is 1.51. The van der Waals surface area contributed by atoms with Gasteiger partial charge in [-0.25, -0.2) is 10.4 Å². The summed E-state index contributed by atoms with van der Waals surface area (Å²) >= 11 is 0. The number of esters is 1. The van der Waals surface area contributed by atoms with Crippen LogP contribution in [0.15, 0.2) is 30.3 Å². The second-order valence-electron chi connectivity index (χ2n) is 4.65. The normalized spacial score (nSPS) is 27.3. The van der Waals surface area contributed by atoms with Crippen LogP contribution >= 0.6 is 0 Å². The number of nitrogens with zero attached hydrogens (tertiary/aromatic N) is 1. The number of carbonyl (C=O) groups is 1. The van der Waals surface area contributed by atoms with Crippen LogP contribution in [0.25, 0.3) is 0 Å². The Hall–Kier alpha value is -1.39. The van der Waals surface area contributed by atoms with E-state index < -0.39 is 0 Å². The number of hydrazine groups is 1. The second-order valence-corrected chi connectivity index (χ2v) is 4.65. The molecule has 2 unspecified atom stereocenters. The third-order valence-corrected chi connectivity index (χ3v) is 3.48. The molecule has 1 N–H and O–H groups in total. The maximum atomic E-state index is 11.8. The molecule has 3 rings (SSSR count). The molecule has 2 fully saturated rings. The van der Waals surface area contributed by atoms with Crippen LogP contribution in [-0.2, 0) is 16.1 Å². The van der Waals surface area contributed by atoms with Crippen LogP contribution in [0.5, 0.6) is 0 Å². The molecule has 4 nitrogen and oxygen atoms in total. The van der Waals surface area contributed by atoms with Gasteiger partial charge in [-0.2, -0.15) is 0 Å². The lowest BCUT2D eigenvalue weighted by molar-refractivity contribution is -0.147. The van der Waals surface area contributed by atoms with Crippen molar-refractivity contribution in [2.75, 3.05) is 6.54 Å². The summed E-state index contributed by atoms with van der Waals surface area (Å²) in [6.07, 6.45) is 2.07. The van der Waals surface area contributed by atoms with E-state index in [1.807, 2.05) is 30.3 Å². The van der Waals surface area contributed by atoms with Crippen LogP contribution in [0.4, 0.5) is 0 Å². The van der Waals surface area contributed by atoms with Gasteiger partial charge in [-0.05, 0) is 18.4 Å². The molecule has 2 saturated heterocycles. The fraction of sp³-hybridized carbons (Fsp3) is 0.462. The Labute approximate surface area is 101 Å². The minimum atomic E-state index is -0.147. The van der Waals surface area contributed by atoms with Crippen molar-refractivity contribution in [3.05, 3.63) is 35.9 Å². The lowest BCUT2D eigenvalue weighted by atomic mass is 10.0. The van der Waals surface area contributed by atoms with Gasteiger partial charge in [0.25, 0.3) is 0 Å². The summed E-state index contributed by atoms with van der Waals surface area (Å²) in [4.78, 5) is 11.8. The molecule has 0 spiro atoms. The van der Waals surface area contributed by atoms with Gasteiger partial charge in [0.1, 0.15) is 12.6 Å². The van der Waals surface area contributed by atoms with E-state index in [9.17, 15) is 4.79 Å². The average molecular weight is 232 g/mol. The van der Waals surface area contributed by atoms with Gasteiger partial charge in [-0.1, -0.05) is 30.3 Å². The first-order valence-corrected chi connectivity index (χ1v) is 6.06. The Morgan fingerprint density at radius 3 is 2.82 bits per heavy atom. The molecular formula is C13H16N2O2. The van der Waals surface area contributed by atoms with Gasteiger partial charge < -0.3 is 4.74 Å². The first-order valence-electron chi connectivity index (χ1n) is 6.06. The summed E-state index contributed by atoms with van der Waals surface area (Å²) < 4.78 is 5.31. The first-order chi connectivity index (χ1) is 8.33. The molecule has 90 valence electrons. The summed E-state index contributed by atoms with van der Waals surface area (Å²) in [6, 6.07) is 10.2. The Kier molecular flexibility index (Phi) is 2.82. The van der Waals surface area contributed by atoms with Gasteiger partial charge in [0.2, 0.25) is 0 Å². The van der Waals surface area contributed by atoms with Crippen molar-refractivity contribution < 1.29 is 9.53 Å². The molecule has 0 bridgehead atoms. The van der Waals surface area contributed by atoms with Crippen molar-refractivity contribution >= 4 is 5.97 Å². The van der Waals surface area contributed by atoms with Crippen LogP contribution in [0, 0.1) is 0 Å². The quantitative estimate of drug-likeness (QED) is 0.792. The van der Waals surface area contributed by atoms with Gasteiger partial charge in [-0.15, -0.1) is 0 Å². The highest BCUT2D eigenvalue weighted by molar-refractivity contribution is 5.76. The maximum Gasteiger partial charge on any atom is 0.324 e. The number of hydrogen-bond donors (Lipinski definition) is 1. The maximum absolute atomic E-state index is 11.8. The molecule has 17 heavy (non-hydrogen) atoms. The Bertz CT molecular complexity index is 395. The summed E-state index contributed by atoms with van der Waals surface area (Å²) in [7, 11) is 0. The molecule has 2 aliphatic heterocycles. The third kappa shape index (κ3) is 2.18. The number of hydrogen-bond acceptors (Lipinski definition) is 4. The summed E-state index contributed by atoms with van der Waals surface area (Å²) in [5, 5.41) is 2.13. The number of carbonyl (C=O) groups excluding carboxylic acids is 1. The number of nitrogens with one attached hydrogen (secondary N) is 1. The van der Waals surface area contributed by atoms with Gasteiger partial charge in [0.05, 0.1) is 0 Å². The highest BCUT2D eigenvalue weighted by Gasteiger charge is 2.41. The number of benzene rings is 1. The zero-order valence-electron chi connectivity index (χ0n) is 9.63. The van der Waals surface area contributed by atoms with E-state index in [-0.39, 0.29) is 12.0 Å². The molecule has 2 aliphatic rings. The van der Waals surface area contributed by atoms with Crippen LogP contribution in [0.2, 0.25) is 0 Å². The SMILES string of the molecule is O=C(OCc1ccccc1)C1CC2CCN2N1. The van der Waals surface area contributed by atoms with Crippen LogP contribution in [-0.4, -0.2) is 29.6 Å². The fourth-order valence-corrected chi connectivity index (χ4v) is 2.36. The second kappa shape index (κ2) is 4.47. The minimum absolute atomic E-state index is 0.136. The van der Waals surface area contributed by atoms with Gasteiger partial charge >= 0.3 is 5.97 Å². The van der Waals surface area contributed by atoms with Gasteiger partial charge in [0, 0.05) is 12.6 Å². The molecule has 0 aliphatic carbocycles. The highest BCUT2D eigenvalue weighted by Crippen LogP contribution is 2.26. The fourth-order valence-electron chi connectivity index (χ4n) is 2.36. The van der Waals surface area contributed by atoms with E-state index in [0.29, 0.717) is 12.6 Å². The number of ether oxygens (including phenoxy) is 1. The third-order valence-electron chi connectivity index (χ3n) is 3.48. The minimum Gasteiger partial charge on any atom is -0.460 e. The summed E-state index contributed by atoms with van der Waals surface area (Å²) in [5.41, 5.74) is 4.21. The van der Waals surface area contributed by atoms with E-state index in [4.69, 9.17) is 4.74 Å². The monoisotopic (exact) mass is 232 g/mol. The largest absolute Gasteiger partial charge is 0.460 e. The van der Waals surface area contributed by atoms with E-state index in [0.717, 1.165) is 18.5 Å². The molecular weight excluding hydrogens is 216 g/mol. The van der Waals surface area contributed by atoms with Gasteiger partial charge in [0.15, 0.2) is 0 Å². The standard InChI is InChI=1S/C13H16N2O2/c16-13(12-8-11-6-7-15(11)14-12)17-9-10-4-2-1-3-5-10/h1-5,11-12,14H,6-9H2. The topological polar surface area (TPSA) is 41.6 Å². The van der Waals surface area contributed by atoms with Crippen molar-refractivity contribution in [1.29, 1.82) is 0 Å². The zero-order valence-corrected chi connectivity index (χ0v) is 9.63. The van der Waals surface area contributed by atoms with Gasteiger partial charge in [-0.3, -0.25) is 4.79 Å². The summed E-state index contributed by atoms with van der Waals surface area (Å²) in [6.45, 7) is 1.41. The number of fused-ring (bicyclic) bond motifs is 1. The van der Waals surface area contributed by atoms with Crippen LogP contribution in [0.1, 0.15) is 18.4 Å². The van der Waals surface area contributed by atoms with E-state index in [2.05, 4.69) is 10.4 Å². The van der Waals surface area contributed by atoms with Crippen molar-refractivity contribution in [2.24, 2.45) is 0 Å². The smallest absolute Gasteiger partial charge is 0.324 e. The van der Waals surface area contributed by atoms with Crippen molar-refractivity contribution in [3.63, 3.8) is 0 Å². The van der Waals surface area contributed by atoms with E-state index >= 15 is 0 Å². The zero-order chi connectivity index (χ0) is 11.7. The lowest BCUT2D eigenvalue weighted by Crippen LogP contribution is -2.49. The van der Waals surface area contributed by atoms with Crippen LogP contribution < -0.4 is 5.43 Å². The number of rotatable bonds is 3. The Morgan fingerprint density at radius 2 is 2.24 bits per heavy atom. The predicted molar refractivity (Wildman–Crippen MR) is 62.9 cm³/mol. The summed E-state index contributed by atoms with van der Waals surface area (Å²) in [5.74, 6) is -0.136. The van der Waals surface area contributed by atoms with Crippen LogP contribution in [0.3, 0.4) is 0 Å². The molecule has 0 radical (unpaired) electrons. The van der Waals surface area contributed by atoms with Crippen molar-refractivity contribution in [1.82, 2.24) is 10.4 Å². The van der Waals surface area contributed by atoms with E-state index in [1.165, 1.54) is 6.42 Å². The lowest BCUT2D eigenvalue weighted by Gasteiger charge is -2.33. The van der Waals surface area contributed by atoms with Crippen molar-refractivity contribution in [3.8, 4) is 0 Å². The molecule has 1 aromatic carbocycles. The molecule has 0 aromatic heterocycles. The highest BCUT2D eigenvalue weighted by atomic mass is 16.5. The molecule has 4 heteroatoms. The van der Waals surface area contributed by atoms with Crippen molar-refractivity contribution in [2.45, 2.75) is 31.5 Å². The van der Waals surface area contributed by atoms with E-state index in [1.54, 1.807) is 0 Å². The molecule has 1 aromatic rings. The first kappa shape index (κ1) is 10.7.